The van der Waals surface area contributed by atoms with Crippen LogP contribution in [0, 0.1) is 0 Å². The highest BCUT2D eigenvalue weighted by Crippen LogP contribution is 2.17. The first kappa shape index (κ1) is 69.6. The van der Waals surface area contributed by atoms with Gasteiger partial charge in [0, 0.05) is 19.3 Å². The highest BCUT2D eigenvalue weighted by Gasteiger charge is 2.19. The van der Waals surface area contributed by atoms with Crippen LogP contribution in [0.2, 0.25) is 0 Å². The minimum Gasteiger partial charge on any atom is -0.462 e. The second-order valence-electron chi connectivity index (χ2n) is 21.7. The molecule has 0 fully saturated rings. The minimum atomic E-state index is -0.777. The molecule has 0 N–H and O–H groups in total. The molecule has 0 amide bonds. The Kier molecular flexibility index (Phi) is 59.2. The molecule has 72 heavy (non-hydrogen) atoms. The monoisotopic (exact) mass is 1010 g/mol. The lowest BCUT2D eigenvalue weighted by Gasteiger charge is -2.18. The quantitative estimate of drug-likeness (QED) is 0.0261. The van der Waals surface area contributed by atoms with Crippen molar-refractivity contribution in [2.24, 2.45) is 0 Å². The van der Waals surface area contributed by atoms with Gasteiger partial charge in [-0.2, -0.15) is 0 Å². The maximum Gasteiger partial charge on any atom is 0.306 e. The van der Waals surface area contributed by atoms with Crippen molar-refractivity contribution in [2.45, 2.75) is 354 Å². The van der Waals surface area contributed by atoms with Gasteiger partial charge in [-0.05, 0) is 77.0 Å². The van der Waals surface area contributed by atoms with Gasteiger partial charge < -0.3 is 14.2 Å². The summed E-state index contributed by atoms with van der Waals surface area (Å²) in [5.74, 6) is -0.866. The van der Waals surface area contributed by atoms with Crippen LogP contribution in [0.3, 0.4) is 0 Å². The third-order valence-electron chi connectivity index (χ3n) is 14.4. The number of ether oxygens (including phenoxy) is 3. The molecule has 0 aromatic heterocycles. The van der Waals surface area contributed by atoms with Crippen LogP contribution < -0.4 is 0 Å². The summed E-state index contributed by atoms with van der Waals surface area (Å²) in [6, 6.07) is 0. The van der Waals surface area contributed by atoms with Crippen LogP contribution in [0.25, 0.3) is 0 Å². The van der Waals surface area contributed by atoms with Gasteiger partial charge in [0.1, 0.15) is 13.2 Å². The molecule has 1 unspecified atom stereocenters. The molecule has 0 aromatic rings. The van der Waals surface area contributed by atoms with Gasteiger partial charge in [0.15, 0.2) is 6.10 Å². The molecule has 1 atom stereocenters. The molecule has 0 saturated carbocycles. The lowest BCUT2D eigenvalue weighted by molar-refractivity contribution is -0.167. The van der Waals surface area contributed by atoms with Crippen molar-refractivity contribution in [1.82, 2.24) is 0 Å². The molecule has 0 saturated heterocycles. The Balaban J connectivity index is 4.25. The van der Waals surface area contributed by atoms with Crippen LogP contribution in [0.5, 0.6) is 0 Å². The summed E-state index contributed by atoms with van der Waals surface area (Å²) in [6.45, 7) is 6.66. The van der Waals surface area contributed by atoms with E-state index < -0.39 is 6.10 Å². The van der Waals surface area contributed by atoms with Gasteiger partial charge in [-0.3, -0.25) is 14.4 Å². The number of hydrogen-bond donors (Lipinski definition) is 0. The molecule has 0 heterocycles. The lowest BCUT2D eigenvalue weighted by atomic mass is 10.0. The van der Waals surface area contributed by atoms with E-state index in [2.05, 4.69) is 57.2 Å². The fourth-order valence-corrected chi connectivity index (χ4v) is 9.53. The molecule has 422 valence electrons. The molecule has 0 aliphatic heterocycles. The van der Waals surface area contributed by atoms with Gasteiger partial charge in [-0.15, -0.1) is 0 Å². The van der Waals surface area contributed by atoms with Crippen molar-refractivity contribution in [3.63, 3.8) is 0 Å². The first-order valence-electron chi connectivity index (χ1n) is 32.0. The molecule has 6 heteroatoms. The maximum absolute atomic E-state index is 12.9. The van der Waals surface area contributed by atoms with Gasteiger partial charge >= 0.3 is 17.9 Å². The normalized spacial score (nSPS) is 12.2. The number of carbonyl (C=O) groups excluding carboxylic acids is 3. The predicted octanol–water partition coefficient (Wildman–Crippen LogP) is 21.6. The van der Waals surface area contributed by atoms with Crippen LogP contribution >= 0.6 is 0 Å². The third-order valence-corrected chi connectivity index (χ3v) is 14.4. The third kappa shape index (κ3) is 58.5. The Labute approximate surface area is 448 Å². The van der Waals surface area contributed by atoms with Gasteiger partial charge in [-0.1, -0.05) is 288 Å². The van der Waals surface area contributed by atoms with Crippen LogP contribution in [0.15, 0.2) is 36.5 Å². The number of hydrogen-bond acceptors (Lipinski definition) is 6. The van der Waals surface area contributed by atoms with E-state index >= 15 is 0 Å². The van der Waals surface area contributed by atoms with E-state index in [-0.39, 0.29) is 31.1 Å². The summed E-state index contributed by atoms with van der Waals surface area (Å²) < 4.78 is 16.9. The van der Waals surface area contributed by atoms with Crippen LogP contribution in [0.1, 0.15) is 348 Å². The summed E-state index contributed by atoms with van der Waals surface area (Å²) >= 11 is 0. The topological polar surface area (TPSA) is 78.9 Å². The fraction of sp³-hybridized carbons (Fsp3) is 0.864. The van der Waals surface area contributed by atoms with E-state index in [1.54, 1.807) is 0 Å². The Morgan fingerprint density at radius 3 is 0.792 bits per heavy atom. The number of esters is 3. The van der Waals surface area contributed by atoms with Gasteiger partial charge in [0.2, 0.25) is 0 Å². The second kappa shape index (κ2) is 61.2. The van der Waals surface area contributed by atoms with E-state index in [4.69, 9.17) is 14.2 Å². The van der Waals surface area contributed by atoms with E-state index in [0.717, 1.165) is 83.5 Å². The van der Waals surface area contributed by atoms with E-state index in [1.807, 2.05) is 0 Å². The van der Waals surface area contributed by atoms with Crippen LogP contribution in [-0.2, 0) is 28.6 Å². The number of carbonyl (C=O) groups is 3. The summed E-state index contributed by atoms with van der Waals surface area (Å²) in [5.41, 5.74) is 0. The molecular formula is C66H122O6. The average Bonchev–Trinajstić information content (AvgIpc) is 3.38. The van der Waals surface area contributed by atoms with Crippen molar-refractivity contribution in [2.75, 3.05) is 13.2 Å². The summed E-state index contributed by atoms with van der Waals surface area (Å²) in [7, 11) is 0. The smallest absolute Gasteiger partial charge is 0.306 e. The van der Waals surface area contributed by atoms with Crippen LogP contribution in [-0.4, -0.2) is 37.2 Å². The minimum absolute atomic E-state index is 0.0735. The number of unbranched alkanes of at least 4 members (excludes halogenated alkanes) is 42. The van der Waals surface area contributed by atoms with Crippen molar-refractivity contribution in [1.29, 1.82) is 0 Å². The van der Waals surface area contributed by atoms with Gasteiger partial charge in [0.05, 0.1) is 0 Å². The molecule has 0 rings (SSSR count). The molecular weight excluding hydrogens is 889 g/mol. The van der Waals surface area contributed by atoms with Gasteiger partial charge in [-0.25, -0.2) is 0 Å². The van der Waals surface area contributed by atoms with E-state index in [1.165, 1.54) is 225 Å². The second-order valence-corrected chi connectivity index (χ2v) is 21.7. The molecule has 0 bridgehead atoms. The fourth-order valence-electron chi connectivity index (χ4n) is 9.53. The highest BCUT2D eigenvalue weighted by atomic mass is 16.6. The Morgan fingerprint density at radius 1 is 0.278 bits per heavy atom. The molecule has 0 aromatic carbocycles. The van der Waals surface area contributed by atoms with Crippen molar-refractivity contribution < 1.29 is 28.6 Å². The SMILES string of the molecule is CCCCCC/C=C\C/C=C\CCCCCCCC(=O)OC(COC(=O)CCCCCCCCCCCCCCC)COC(=O)CCCCCCCCCCCCCCC/C=C\CCCCCCCCCC. The maximum atomic E-state index is 12.9. The first-order chi connectivity index (χ1) is 35.5. The zero-order valence-electron chi connectivity index (χ0n) is 48.5. The zero-order valence-corrected chi connectivity index (χ0v) is 48.5. The molecule has 0 radical (unpaired) electrons. The van der Waals surface area contributed by atoms with E-state index in [0.29, 0.717) is 19.3 Å². The summed E-state index contributed by atoms with van der Waals surface area (Å²) in [4.78, 5) is 38.2. The Hall–Kier alpha value is -2.37. The van der Waals surface area contributed by atoms with Crippen molar-refractivity contribution in [3.05, 3.63) is 36.5 Å². The Bertz CT molecular complexity index is 1210. The molecule has 0 spiro atoms. The van der Waals surface area contributed by atoms with Crippen molar-refractivity contribution in [3.8, 4) is 0 Å². The zero-order chi connectivity index (χ0) is 52.2. The number of rotatable bonds is 59. The van der Waals surface area contributed by atoms with E-state index in [9.17, 15) is 14.4 Å². The summed E-state index contributed by atoms with van der Waals surface area (Å²) in [5, 5.41) is 0. The highest BCUT2D eigenvalue weighted by molar-refractivity contribution is 5.71. The standard InChI is InChI=1S/C66H122O6/c1-4-7-10-13-16-19-22-25-27-29-30-31-32-33-34-35-36-37-39-41-44-47-50-53-56-59-65(68)71-62-63(61-70-64(67)58-55-52-49-46-43-40-24-21-18-15-12-9-6-3)72-66(69)60-57-54-51-48-45-42-38-28-26-23-20-17-14-11-8-5-2/h20,23,28-30,38,63H,4-19,21-22,24-27,31-37,39-62H2,1-3H3/b23-20-,30-29-,38-28-. The van der Waals surface area contributed by atoms with Crippen LogP contribution in [0.4, 0.5) is 0 Å². The summed E-state index contributed by atoms with van der Waals surface area (Å²) in [6.07, 6.45) is 74.4. The number of allylic oxidation sites excluding steroid dienone is 6. The van der Waals surface area contributed by atoms with Gasteiger partial charge in [0.25, 0.3) is 0 Å². The van der Waals surface area contributed by atoms with Crippen molar-refractivity contribution >= 4 is 17.9 Å². The lowest BCUT2D eigenvalue weighted by Crippen LogP contribution is -2.30. The Morgan fingerprint density at radius 2 is 0.500 bits per heavy atom. The average molecular weight is 1010 g/mol. The molecule has 0 aliphatic rings. The first-order valence-corrected chi connectivity index (χ1v) is 32.0. The molecule has 6 nitrogen and oxygen atoms in total. The molecule has 0 aliphatic carbocycles. The predicted molar refractivity (Wildman–Crippen MR) is 312 cm³/mol. The largest absolute Gasteiger partial charge is 0.462 e.